The Labute approximate surface area is 161 Å². The molecule has 0 heterocycles. The van der Waals surface area contributed by atoms with Crippen molar-refractivity contribution < 1.29 is 9.53 Å². The molecule has 2 aromatic carbocycles. The highest BCUT2D eigenvalue weighted by Gasteiger charge is 2.05. The van der Waals surface area contributed by atoms with E-state index < -0.39 is 0 Å². The zero-order chi connectivity index (χ0) is 18.9. The molecule has 0 aliphatic carbocycles. The van der Waals surface area contributed by atoms with Gasteiger partial charge in [-0.15, -0.1) is 0 Å². The predicted molar refractivity (Wildman–Crippen MR) is 109 cm³/mol. The molecule has 140 valence electrons. The van der Waals surface area contributed by atoms with Crippen LogP contribution in [-0.4, -0.2) is 12.5 Å². The summed E-state index contributed by atoms with van der Waals surface area (Å²) in [4.78, 5) is 12.0. The van der Waals surface area contributed by atoms with Crippen molar-refractivity contribution in [2.24, 2.45) is 0 Å². The maximum Gasteiger partial charge on any atom is 0.224 e. The monoisotopic (exact) mass is 373 g/mol. The van der Waals surface area contributed by atoms with E-state index in [0.717, 1.165) is 34.0 Å². The first-order chi connectivity index (χ1) is 12.5. The van der Waals surface area contributed by atoms with Crippen LogP contribution < -0.4 is 10.1 Å². The van der Waals surface area contributed by atoms with Crippen LogP contribution in [0.25, 0.3) is 0 Å². The minimum atomic E-state index is 0.0124. The third kappa shape index (κ3) is 6.38. The lowest BCUT2D eigenvalue weighted by molar-refractivity contribution is -0.116. The molecule has 0 saturated carbocycles. The Morgan fingerprint density at radius 2 is 1.73 bits per heavy atom. The Hall–Kier alpha value is -2.00. The molecule has 0 aliphatic heterocycles. The number of nitrogens with one attached hydrogen (secondary N) is 1. The van der Waals surface area contributed by atoms with E-state index in [2.05, 4.69) is 24.4 Å². The van der Waals surface area contributed by atoms with Crippen molar-refractivity contribution in [3.05, 3.63) is 58.1 Å². The average Bonchev–Trinajstić information content (AvgIpc) is 2.62. The smallest absolute Gasteiger partial charge is 0.224 e. The van der Waals surface area contributed by atoms with Gasteiger partial charge in [0.15, 0.2) is 0 Å². The van der Waals surface area contributed by atoms with Crippen LogP contribution in [0.3, 0.4) is 0 Å². The fraction of sp³-hybridized carbons (Fsp3) is 0.409. The van der Waals surface area contributed by atoms with Crippen LogP contribution in [0.1, 0.15) is 49.3 Å². The van der Waals surface area contributed by atoms with Crippen molar-refractivity contribution in [1.29, 1.82) is 0 Å². The van der Waals surface area contributed by atoms with Crippen molar-refractivity contribution in [1.82, 2.24) is 0 Å². The van der Waals surface area contributed by atoms with Gasteiger partial charge >= 0.3 is 0 Å². The molecule has 26 heavy (non-hydrogen) atoms. The molecule has 0 atom stereocenters. The molecule has 0 saturated heterocycles. The van der Waals surface area contributed by atoms with Crippen LogP contribution in [0.5, 0.6) is 5.75 Å². The summed E-state index contributed by atoms with van der Waals surface area (Å²) < 4.78 is 5.74. The molecule has 4 heteroatoms. The van der Waals surface area contributed by atoms with E-state index >= 15 is 0 Å². The van der Waals surface area contributed by atoms with E-state index in [4.69, 9.17) is 16.3 Å². The van der Waals surface area contributed by atoms with Gasteiger partial charge in [-0.25, -0.2) is 0 Å². The number of aryl methyl sites for hydroxylation is 3. The molecule has 0 radical (unpaired) electrons. The second kappa shape index (κ2) is 10.2. The lowest BCUT2D eigenvalue weighted by Gasteiger charge is -2.10. The van der Waals surface area contributed by atoms with Gasteiger partial charge in [0.2, 0.25) is 5.91 Å². The maximum absolute atomic E-state index is 12.0. The topological polar surface area (TPSA) is 38.3 Å². The molecule has 1 amide bonds. The Bertz CT molecular complexity index is 702. The van der Waals surface area contributed by atoms with Crippen molar-refractivity contribution in [3.63, 3.8) is 0 Å². The molecule has 2 aromatic rings. The fourth-order valence-electron chi connectivity index (χ4n) is 2.77. The molecule has 0 unspecified atom stereocenters. The second-order valence-corrected chi connectivity index (χ2v) is 7.05. The number of hydrogen-bond donors (Lipinski definition) is 1. The van der Waals surface area contributed by atoms with Gasteiger partial charge in [-0.3, -0.25) is 4.79 Å². The minimum absolute atomic E-state index is 0.0124. The van der Waals surface area contributed by atoms with E-state index in [1.165, 1.54) is 18.4 Å². The van der Waals surface area contributed by atoms with Gasteiger partial charge in [0.1, 0.15) is 5.75 Å². The minimum Gasteiger partial charge on any atom is -0.494 e. The van der Waals surface area contributed by atoms with E-state index in [1.807, 2.05) is 38.1 Å². The van der Waals surface area contributed by atoms with Crippen molar-refractivity contribution in [2.45, 2.75) is 52.9 Å². The molecular formula is C22H28ClNO2. The molecular weight excluding hydrogens is 346 g/mol. The summed E-state index contributed by atoms with van der Waals surface area (Å²) >= 11 is 6.16. The Kier molecular flexibility index (Phi) is 7.99. The van der Waals surface area contributed by atoms with Gasteiger partial charge < -0.3 is 10.1 Å². The molecule has 0 spiro atoms. The SMILES string of the molecule is CCCCc1ccc(NC(=O)CCCOc2cc(C)c(Cl)c(C)c2)cc1. The van der Waals surface area contributed by atoms with Crippen molar-refractivity contribution in [3.8, 4) is 5.75 Å². The molecule has 0 bridgehead atoms. The molecule has 0 fully saturated rings. The summed E-state index contributed by atoms with van der Waals surface area (Å²) in [5, 5.41) is 3.71. The second-order valence-electron chi connectivity index (χ2n) is 6.67. The number of carbonyl (C=O) groups excluding carboxylic acids is 1. The molecule has 2 rings (SSSR count). The number of unbranched alkanes of at least 4 members (excludes halogenated alkanes) is 1. The summed E-state index contributed by atoms with van der Waals surface area (Å²) in [5.41, 5.74) is 4.16. The maximum atomic E-state index is 12.0. The number of carbonyl (C=O) groups is 1. The predicted octanol–water partition coefficient (Wildman–Crippen LogP) is 6.10. The Morgan fingerprint density at radius 3 is 2.35 bits per heavy atom. The van der Waals surface area contributed by atoms with Crippen LogP contribution in [0, 0.1) is 13.8 Å². The lowest BCUT2D eigenvalue weighted by Crippen LogP contribution is -2.12. The number of rotatable bonds is 9. The Morgan fingerprint density at radius 1 is 1.08 bits per heavy atom. The summed E-state index contributed by atoms with van der Waals surface area (Å²) in [7, 11) is 0. The summed E-state index contributed by atoms with van der Waals surface area (Å²) in [6.07, 6.45) is 4.57. The summed E-state index contributed by atoms with van der Waals surface area (Å²) in [6.45, 7) is 6.61. The van der Waals surface area contributed by atoms with Gasteiger partial charge in [-0.2, -0.15) is 0 Å². The average molecular weight is 374 g/mol. The van der Waals surface area contributed by atoms with Crippen LogP contribution in [-0.2, 0) is 11.2 Å². The Balaban J connectivity index is 1.72. The van der Waals surface area contributed by atoms with E-state index in [9.17, 15) is 4.79 Å². The van der Waals surface area contributed by atoms with E-state index in [-0.39, 0.29) is 5.91 Å². The van der Waals surface area contributed by atoms with Gasteiger partial charge in [0.25, 0.3) is 0 Å². The standard InChI is InChI=1S/C22H28ClNO2/c1-4-5-7-18-9-11-19(12-10-18)24-21(25)8-6-13-26-20-14-16(2)22(23)17(3)15-20/h9-12,14-15H,4-8,13H2,1-3H3,(H,24,25). The van der Waals surface area contributed by atoms with E-state index in [0.29, 0.717) is 19.4 Å². The first-order valence-electron chi connectivity index (χ1n) is 9.28. The van der Waals surface area contributed by atoms with Crippen molar-refractivity contribution in [2.75, 3.05) is 11.9 Å². The van der Waals surface area contributed by atoms with Crippen LogP contribution in [0.2, 0.25) is 5.02 Å². The highest BCUT2D eigenvalue weighted by molar-refractivity contribution is 6.32. The zero-order valence-corrected chi connectivity index (χ0v) is 16.7. The summed E-state index contributed by atoms with van der Waals surface area (Å²) in [6, 6.07) is 12.0. The lowest BCUT2D eigenvalue weighted by atomic mass is 10.1. The quantitative estimate of drug-likeness (QED) is 0.539. The molecule has 0 aromatic heterocycles. The van der Waals surface area contributed by atoms with Gasteiger partial charge in [-0.05, 0) is 74.1 Å². The molecule has 0 aliphatic rings. The number of anilines is 1. The largest absolute Gasteiger partial charge is 0.494 e. The van der Waals surface area contributed by atoms with Crippen LogP contribution in [0.4, 0.5) is 5.69 Å². The number of ether oxygens (including phenoxy) is 1. The van der Waals surface area contributed by atoms with Crippen LogP contribution in [0.15, 0.2) is 36.4 Å². The van der Waals surface area contributed by atoms with E-state index in [1.54, 1.807) is 0 Å². The number of halogens is 1. The highest BCUT2D eigenvalue weighted by atomic mass is 35.5. The first kappa shape index (κ1) is 20.3. The van der Waals surface area contributed by atoms with Gasteiger partial charge in [0, 0.05) is 17.1 Å². The number of hydrogen-bond acceptors (Lipinski definition) is 2. The number of benzene rings is 2. The molecule has 3 nitrogen and oxygen atoms in total. The zero-order valence-electron chi connectivity index (χ0n) is 15.9. The number of amides is 1. The van der Waals surface area contributed by atoms with Gasteiger partial charge in [0.05, 0.1) is 6.61 Å². The van der Waals surface area contributed by atoms with Crippen molar-refractivity contribution >= 4 is 23.2 Å². The fourth-order valence-corrected chi connectivity index (χ4v) is 2.88. The third-order valence-corrected chi connectivity index (χ3v) is 4.88. The molecule has 1 N–H and O–H groups in total. The first-order valence-corrected chi connectivity index (χ1v) is 9.65. The highest BCUT2D eigenvalue weighted by Crippen LogP contribution is 2.26. The summed E-state index contributed by atoms with van der Waals surface area (Å²) in [5.74, 6) is 0.811. The third-order valence-electron chi connectivity index (χ3n) is 4.28. The van der Waals surface area contributed by atoms with Crippen LogP contribution >= 0.6 is 11.6 Å². The van der Waals surface area contributed by atoms with Gasteiger partial charge in [-0.1, -0.05) is 37.1 Å². The normalized spacial score (nSPS) is 10.6.